The van der Waals surface area contributed by atoms with Crippen LogP contribution in [0, 0.1) is 0 Å². The maximum atomic E-state index is 13.2. The van der Waals surface area contributed by atoms with Crippen LogP contribution in [0.5, 0.6) is 0 Å². The fourth-order valence-electron chi connectivity index (χ4n) is 4.70. The Kier molecular flexibility index (Phi) is 9.55. The number of aromatic nitrogens is 2. The van der Waals surface area contributed by atoms with Crippen molar-refractivity contribution in [3.8, 4) is 0 Å². The number of rotatable bonds is 14. The zero-order valence-electron chi connectivity index (χ0n) is 22.6. The zero-order chi connectivity index (χ0) is 30.2. The zero-order valence-corrected chi connectivity index (χ0v) is 22.6. The summed E-state index contributed by atoms with van der Waals surface area (Å²) in [4.78, 5) is 67.5. The van der Waals surface area contributed by atoms with E-state index in [9.17, 15) is 29.1 Å². The number of benzene rings is 2. The normalized spacial score (nSPS) is 13.3. The van der Waals surface area contributed by atoms with Crippen molar-refractivity contribution in [3.05, 3.63) is 72.1 Å². The SMILES string of the molecule is NC(Cc1c[nH]c2ccccc12)C(=O)NCC(=O)NC(Cc1c[nH]c2ccccc12)C(=O)NC(CCC(=O)O)C(=O)O. The van der Waals surface area contributed by atoms with Crippen LogP contribution in [0.15, 0.2) is 60.9 Å². The summed E-state index contributed by atoms with van der Waals surface area (Å²) in [7, 11) is 0. The minimum absolute atomic E-state index is 0.000873. The first-order valence-electron chi connectivity index (χ1n) is 13.3. The number of aromatic amines is 2. The number of amides is 3. The molecular weight excluding hydrogens is 544 g/mol. The maximum Gasteiger partial charge on any atom is 0.326 e. The van der Waals surface area contributed by atoms with E-state index in [0.717, 1.165) is 27.4 Å². The number of hydrogen-bond donors (Lipinski definition) is 8. The van der Waals surface area contributed by atoms with Crippen LogP contribution in [0.1, 0.15) is 24.0 Å². The Balaban J connectivity index is 1.41. The number of H-pyrrole nitrogens is 2. The molecule has 4 rings (SSSR count). The van der Waals surface area contributed by atoms with Crippen LogP contribution in [0.3, 0.4) is 0 Å². The molecule has 42 heavy (non-hydrogen) atoms. The number of aliphatic carboxylic acids is 2. The second-order valence-corrected chi connectivity index (χ2v) is 9.90. The van der Waals surface area contributed by atoms with Crippen LogP contribution in [0.25, 0.3) is 21.8 Å². The Morgan fingerprint density at radius 3 is 1.90 bits per heavy atom. The summed E-state index contributed by atoms with van der Waals surface area (Å²) in [5.74, 6) is -4.68. The third kappa shape index (κ3) is 7.52. The first kappa shape index (κ1) is 29.8. The molecule has 2 aromatic carbocycles. The highest BCUT2D eigenvalue weighted by Gasteiger charge is 2.28. The Morgan fingerprint density at radius 2 is 1.33 bits per heavy atom. The van der Waals surface area contributed by atoms with E-state index in [2.05, 4.69) is 25.9 Å². The topological polar surface area (TPSA) is 219 Å². The molecule has 0 aliphatic rings. The molecule has 3 atom stereocenters. The summed E-state index contributed by atoms with van der Waals surface area (Å²) in [5.41, 5.74) is 9.34. The summed E-state index contributed by atoms with van der Waals surface area (Å²) in [6.07, 6.45) is 2.88. The number of fused-ring (bicyclic) bond motifs is 2. The van der Waals surface area contributed by atoms with E-state index in [4.69, 9.17) is 10.8 Å². The average Bonchev–Trinajstić information content (AvgIpc) is 3.57. The van der Waals surface area contributed by atoms with Crippen molar-refractivity contribution in [1.82, 2.24) is 25.9 Å². The fourth-order valence-corrected chi connectivity index (χ4v) is 4.70. The van der Waals surface area contributed by atoms with Crippen LogP contribution in [0.4, 0.5) is 0 Å². The maximum absolute atomic E-state index is 13.2. The van der Waals surface area contributed by atoms with Crippen molar-refractivity contribution in [2.24, 2.45) is 5.73 Å². The van der Waals surface area contributed by atoms with E-state index in [1.807, 2.05) is 48.5 Å². The first-order valence-corrected chi connectivity index (χ1v) is 13.3. The van der Waals surface area contributed by atoms with Crippen molar-refractivity contribution in [2.45, 2.75) is 43.8 Å². The third-order valence-corrected chi connectivity index (χ3v) is 6.89. The van der Waals surface area contributed by atoms with Crippen molar-refractivity contribution in [3.63, 3.8) is 0 Å². The Morgan fingerprint density at radius 1 is 0.762 bits per heavy atom. The standard InChI is InChI=1S/C29H32N6O7/c30-20(11-16-13-31-21-7-3-1-5-18(16)21)27(39)33-15-25(36)34-24(12-17-14-32-22-8-4-2-6-19(17)22)28(40)35-23(29(41)42)9-10-26(37)38/h1-8,13-14,20,23-24,31-32H,9-12,15,30H2,(H,33,39)(H,34,36)(H,35,40)(H,37,38)(H,41,42). The van der Waals surface area contributed by atoms with Crippen molar-refractivity contribution >= 4 is 51.5 Å². The van der Waals surface area contributed by atoms with Gasteiger partial charge in [-0.1, -0.05) is 36.4 Å². The van der Waals surface area contributed by atoms with Gasteiger partial charge in [-0.2, -0.15) is 0 Å². The summed E-state index contributed by atoms with van der Waals surface area (Å²) < 4.78 is 0. The lowest BCUT2D eigenvalue weighted by Gasteiger charge is -2.21. The number of carbonyl (C=O) groups is 5. The number of para-hydroxylation sites is 2. The molecule has 0 aliphatic carbocycles. The van der Waals surface area contributed by atoms with Gasteiger partial charge in [0.2, 0.25) is 17.7 Å². The van der Waals surface area contributed by atoms with Gasteiger partial charge < -0.3 is 41.9 Å². The van der Waals surface area contributed by atoms with Crippen LogP contribution >= 0.6 is 0 Å². The molecule has 0 saturated heterocycles. The third-order valence-electron chi connectivity index (χ3n) is 6.89. The van der Waals surface area contributed by atoms with Crippen LogP contribution < -0.4 is 21.7 Å². The Bertz CT molecular complexity index is 1610. The van der Waals surface area contributed by atoms with Gasteiger partial charge in [-0.15, -0.1) is 0 Å². The van der Waals surface area contributed by atoms with Gasteiger partial charge >= 0.3 is 11.9 Å². The molecular formula is C29H32N6O7. The second kappa shape index (κ2) is 13.5. The minimum Gasteiger partial charge on any atom is -0.481 e. The first-order chi connectivity index (χ1) is 20.1. The lowest BCUT2D eigenvalue weighted by Crippen LogP contribution is -2.54. The molecule has 0 fully saturated rings. The summed E-state index contributed by atoms with van der Waals surface area (Å²) >= 11 is 0. The number of nitrogens with one attached hydrogen (secondary N) is 5. The quantitative estimate of drug-likeness (QED) is 0.107. The minimum atomic E-state index is -1.47. The molecule has 0 aliphatic heterocycles. The molecule has 0 bridgehead atoms. The number of hydrogen-bond acceptors (Lipinski definition) is 6. The van der Waals surface area contributed by atoms with E-state index < -0.39 is 60.8 Å². The molecule has 2 aromatic heterocycles. The fraction of sp³-hybridized carbons (Fsp3) is 0.276. The van der Waals surface area contributed by atoms with E-state index in [1.54, 1.807) is 12.4 Å². The Hall–Kier alpha value is -5.17. The van der Waals surface area contributed by atoms with E-state index in [1.165, 1.54) is 0 Å². The van der Waals surface area contributed by atoms with Crippen molar-refractivity contribution < 1.29 is 34.2 Å². The van der Waals surface area contributed by atoms with Gasteiger partial charge in [-0.25, -0.2) is 4.79 Å². The summed E-state index contributed by atoms with van der Waals surface area (Å²) in [6, 6.07) is 11.3. The predicted octanol–water partition coefficient (Wildman–Crippen LogP) is 0.797. The van der Waals surface area contributed by atoms with Crippen LogP contribution in [-0.4, -0.2) is 74.5 Å². The largest absolute Gasteiger partial charge is 0.481 e. The van der Waals surface area contributed by atoms with Crippen LogP contribution in [0.2, 0.25) is 0 Å². The molecule has 0 saturated carbocycles. The smallest absolute Gasteiger partial charge is 0.326 e. The number of carboxylic acid groups (broad SMARTS) is 2. The van der Waals surface area contributed by atoms with Crippen molar-refractivity contribution in [2.75, 3.05) is 6.54 Å². The number of nitrogens with two attached hydrogens (primary N) is 1. The lowest BCUT2D eigenvalue weighted by molar-refractivity contribution is -0.143. The molecule has 220 valence electrons. The Labute approximate surface area is 239 Å². The molecule has 3 amide bonds. The molecule has 9 N–H and O–H groups in total. The molecule has 13 heteroatoms. The molecule has 13 nitrogen and oxygen atoms in total. The number of carbonyl (C=O) groups excluding carboxylic acids is 3. The predicted molar refractivity (Wildman–Crippen MR) is 153 cm³/mol. The average molecular weight is 577 g/mol. The van der Waals surface area contributed by atoms with Crippen molar-refractivity contribution in [1.29, 1.82) is 0 Å². The van der Waals surface area contributed by atoms with Gasteiger partial charge in [0.05, 0.1) is 12.6 Å². The van der Waals surface area contributed by atoms with Gasteiger partial charge in [-0.3, -0.25) is 19.2 Å². The molecule has 2 heterocycles. The second-order valence-electron chi connectivity index (χ2n) is 9.90. The monoisotopic (exact) mass is 576 g/mol. The van der Waals surface area contributed by atoms with Gasteiger partial charge in [-0.05, 0) is 36.1 Å². The highest BCUT2D eigenvalue weighted by Crippen LogP contribution is 2.20. The molecule has 0 spiro atoms. The van der Waals surface area contributed by atoms with Crippen LogP contribution in [-0.2, 0) is 36.8 Å². The van der Waals surface area contributed by atoms with E-state index in [-0.39, 0.29) is 19.3 Å². The lowest BCUT2D eigenvalue weighted by atomic mass is 10.0. The highest BCUT2D eigenvalue weighted by molar-refractivity contribution is 5.94. The van der Waals surface area contributed by atoms with Gasteiger partial charge in [0.25, 0.3) is 0 Å². The van der Waals surface area contributed by atoms with E-state index in [0.29, 0.717) is 5.56 Å². The van der Waals surface area contributed by atoms with E-state index >= 15 is 0 Å². The molecule has 3 unspecified atom stereocenters. The summed E-state index contributed by atoms with van der Waals surface area (Å²) in [6.45, 7) is -0.473. The van der Waals surface area contributed by atoms with Gasteiger partial charge in [0.15, 0.2) is 0 Å². The number of carboxylic acids is 2. The molecule has 4 aromatic rings. The van der Waals surface area contributed by atoms with Gasteiger partial charge in [0, 0.05) is 47.0 Å². The highest BCUT2D eigenvalue weighted by atomic mass is 16.4. The molecule has 0 radical (unpaired) electrons. The van der Waals surface area contributed by atoms with Gasteiger partial charge in [0.1, 0.15) is 12.1 Å². The summed E-state index contributed by atoms with van der Waals surface area (Å²) in [5, 5.41) is 27.5.